The zero-order valence-electron chi connectivity index (χ0n) is 17.5. The molecule has 0 fully saturated rings. The standard InChI is InChI=1S/C29H24N2/c1-30(28-20-19-23-11-8-9-12-24(23)21-28)27-17-10-18-29(22-27)31(25-13-4-2-5-14-25)26-15-6-3-7-16-26/h2-22H,1H3. The fraction of sp³-hybridized carbons (Fsp3) is 0.0345. The first-order valence-corrected chi connectivity index (χ1v) is 10.5. The van der Waals surface area contributed by atoms with E-state index in [2.05, 4.69) is 144 Å². The van der Waals surface area contributed by atoms with E-state index in [9.17, 15) is 0 Å². The average molecular weight is 401 g/mol. The van der Waals surface area contributed by atoms with E-state index < -0.39 is 0 Å². The van der Waals surface area contributed by atoms with Gasteiger partial charge in [-0.2, -0.15) is 0 Å². The SMILES string of the molecule is CN(c1cccc(N(c2ccccc2)c2ccccc2)c1)c1ccc2ccccc2c1. The first-order chi connectivity index (χ1) is 15.3. The Labute approximate surface area is 183 Å². The molecule has 0 N–H and O–H groups in total. The highest BCUT2D eigenvalue weighted by molar-refractivity contribution is 5.87. The summed E-state index contributed by atoms with van der Waals surface area (Å²) in [6, 6.07) is 44.8. The Bertz CT molecular complexity index is 1260. The smallest absolute Gasteiger partial charge is 0.0482 e. The number of hydrogen-bond donors (Lipinski definition) is 0. The van der Waals surface area contributed by atoms with Gasteiger partial charge in [-0.1, -0.05) is 72.8 Å². The minimum absolute atomic E-state index is 1.13. The molecule has 2 nitrogen and oxygen atoms in total. The van der Waals surface area contributed by atoms with Crippen LogP contribution >= 0.6 is 0 Å². The second kappa shape index (κ2) is 8.37. The fourth-order valence-corrected chi connectivity index (χ4v) is 3.98. The van der Waals surface area contributed by atoms with Crippen molar-refractivity contribution >= 4 is 39.2 Å². The van der Waals surface area contributed by atoms with Crippen molar-refractivity contribution in [3.63, 3.8) is 0 Å². The molecule has 0 spiro atoms. The monoisotopic (exact) mass is 400 g/mol. The van der Waals surface area contributed by atoms with Crippen LogP contribution in [0.15, 0.2) is 127 Å². The maximum absolute atomic E-state index is 2.29. The molecule has 0 heterocycles. The molecule has 0 unspecified atom stereocenters. The molecule has 0 saturated heterocycles. The Hall–Kier alpha value is -4.04. The van der Waals surface area contributed by atoms with Gasteiger partial charge in [0.1, 0.15) is 0 Å². The molecule has 2 heteroatoms. The molecule has 0 atom stereocenters. The minimum atomic E-state index is 1.13. The Morgan fingerprint density at radius 2 is 0.903 bits per heavy atom. The summed E-state index contributed by atoms with van der Waals surface area (Å²) in [6.45, 7) is 0. The zero-order valence-corrected chi connectivity index (χ0v) is 17.5. The van der Waals surface area contributed by atoms with E-state index in [1.807, 2.05) is 0 Å². The van der Waals surface area contributed by atoms with Crippen LogP contribution in [0.3, 0.4) is 0 Å². The summed E-state index contributed by atoms with van der Waals surface area (Å²) >= 11 is 0. The van der Waals surface area contributed by atoms with Gasteiger partial charge in [0.25, 0.3) is 0 Å². The van der Waals surface area contributed by atoms with Crippen LogP contribution in [0.2, 0.25) is 0 Å². The van der Waals surface area contributed by atoms with Gasteiger partial charge in [-0.25, -0.2) is 0 Å². The van der Waals surface area contributed by atoms with Crippen molar-refractivity contribution in [2.45, 2.75) is 0 Å². The van der Waals surface area contributed by atoms with E-state index in [1.54, 1.807) is 0 Å². The molecule has 0 aliphatic heterocycles. The summed E-state index contributed by atoms with van der Waals surface area (Å²) in [4.78, 5) is 4.53. The van der Waals surface area contributed by atoms with E-state index >= 15 is 0 Å². The van der Waals surface area contributed by atoms with Crippen molar-refractivity contribution in [3.05, 3.63) is 127 Å². The third kappa shape index (κ3) is 3.88. The molecule has 0 amide bonds. The van der Waals surface area contributed by atoms with E-state index in [0.717, 1.165) is 22.7 Å². The van der Waals surface area contributed by atoms with Crippen molar-refractivity contribution in [2.75, 3.05) is 16.8 Å². The minimum Gasteiger partial charge on any atom is -0.345 e. The van der Waals surface area contributed by atoms with Crippen molar-refractivity contribution < 1.29 is 0 Å². The van der Waals surface area contributed by atoms with E-state index in [1.165, 1.54) is 16.5 Å². The number of fused-ring (bicyclic) bond motifs is 1. The third-order valence-corrected chi connectivity index (χ3v) is 5.62. The van der Waals surface area contributed by atoms with Gasteiger partial charge in [0.15, 0.2) is 0 Å². The summed E-state index contributed by atoms with van der Waals surface area (Å²) in [5, 5.41) is 2.51. The first kappa shape index (κ1) is 19.0. The molecule has 0 radical (unpaired) electrons. The van der Waals surface area contributed by atoms with Gasteiger partial charge in [0.05, 0.1) is 0 Å². The van der Waals surface area contributed by atoms with Crippen LogP contribution in [0.5, 0.6) is 0 Å². The number of anilines is 5. The van der Waals surface area contributed by atoms with Gasteiger partial charge in [-0.3, -0.25) is 0 Å². The van der Waals surface area contributed by atoms with Gasteiger partial charge in [-0.05, 0) is 65.4 Å². The van der Waals surface area contributed by atoms with E-state index in [4.69, 9.17) is 0 Å². The number of para-hydroxylation sites is 2. The molecule has 0 bridgehead atoms. The third-order valence-electron chi connectivity index (χ3n) is 5.62. The molecular formula is C29H24N2. The van der Waals surface area contributed by atoms with Gasteiger partial charge < -0.3 is 9.80 Å². The van der Waals surface area contributed by atoms with Gasteiger partial charge >= 0.3 is 0 Å². The van der Waals surface area contributed by atoms with Crippen LogP contribution in [-0.2, 0) is 0 Å². The second-order valence-electron chi connectivity index (χ2n) is 7.62. The van der Waals surface area contributed by atoms with Crippen molar-refractivity contribution in [1.82, 2.24) is 0 Å². The summed E-state index contributed by atoms with van der Waals surface area (Å²) in [7, 11) is 2.12. The maximum Gasteiger partial charge on any atom is 0.0482 e. The van der Waals surface area contributed by atoms with Crippen LogP contribution in [0.25, 0.3) is 10.8 Å². The molecule has 5 aromatic rings. The Balaban J connectivity index is 1.56. The number of nitrogens with zero attached hydrogens (tertiary/aromatic N) is 2. The van der Waals surface area contributed by atoms with Crippen LogP contribution in [0.1, 0.15) is 0 Å². The predicted molar refractivity (Wildman–Crippen MR) is 133 cm³/mol. The topological polar surface area (TPSA) is 6.48 Å². The molecule has 0 aromatic heterocycles. The summed E-state index contributed by atoms with van der Waals surface area (Å²) < 4.78 is 0. The molecule has 5 rings (SSSR count). The molecule has 0 aliphatic rings. The lowest BCUT2D eigenvalue weighted by atomic mass is 10.1. The lowest BCUT2D eigenvalue weighted by molar-refractivity contribution is 1.20. The van der Waals surface area contributed by atoms with Crippen LogP contribution in [-0.4, -0.2) is 7.05 Å². The lowest BCUT2D eigenvalue weighted by Crippen LogP contribution is -2.12. The summed E-state index contributed by atoms with van der Waals surface area (Å²) in [5.74, 6) is 0. The van der Waals surface area contributed by atoms with Crippen molar-refractivity contribution in [1.29, 1.82) is 0 Å². The number of hydrogen-bond acceptors (Lipinski definition) is 2. The summed E-state index contributed by atoms with van der Waals surface area (Å²) in [5.41, 5.74) is 5.72. The Morgan fingerprint density at radius 3 is 1.58 bits per heavy atom. The van der Waals surface area contributed by atoms with Gasteiger partial charge in [0.2, 0.25) is 0 Å². The van der Waals surface area contributed by atoms with Crippen LogP contribution in [0, 0.1) is 0 Å². The van der Waals surface area contributed by atoms with Gasteiger partial charge in [0, 0.05) is 35.5 Å². The lowest BCUT2D eigenvalue weighted by Gasteiger charge is -2.27. The highest BCUT2D eigenvalue weighted by Gasteiger charge is 2.13. The molecule has 5 aromatic carbocycles. The number of benzene rings is 5. The fourth-order valence-electron chi connectivity index (χ4n) is 3.98. The predicted octanol–water partition coefficient (Wildman–Crippen LogP) is 8.08. The summed E-state index contributed by atoms with van der Waals surface area (Å²) in [6.07, 6.45) is 0. The van der Waals surface area contributed by atoms with Crippen LogP contribution < -0.4 is 9.80 Å². The van der Waals surface area contributed by atoms with Crippen LogP contribution in [0.4, 0.5) is 28.4 Å². The van der Waals surface area contributed by atoms with E-state index in [0.29, 0.717) is 0 Å². The highest BCUT2D eigenvalue weighted by atomic mass is 15.2. The zero-order chi connectivity index (χ0) is 21.0. The maximum atomic E-state index is 2.29. The van der Waals surface area contributed by atoms with E-state index in [-0.39, 0.29) is 0 Å². The molecule has 0 saturated carbocycles. The Kier molecular flexibility index (Phi) is 5.12. The van der Waals surface area contributed by atoms with Crippen molar-refractivity contribution in [3.8, 4) is 0 Å². The quantitative estimate of drug-likeness (QED) is 0.294. The molecule has 150 valence electrons. The molecule has 0 aliphatic carbocycles. The number of rotatable bonds is 5. The van der Waals surface area contributed by atoms with Gasteiger partial charge in [-0.15, -0.1) is 0 Å². The first-order valence-electron chi connectivity index (χ1n) is 10.5. The largest absolute Gasteiger partial charge is 0.345 e. The normalized spacial score (nSPS) is 10.7. The Morgan fingerprint density at radius 1 is 0.387 bits per heavy atom. The molecular weight excluding hydrogens is 376 g/mol. The molecule has 31 heavy (non-hydrogen) atoms. The second-order valence-corrected chi connectivity index (χ2v) is 7.62. The average Bonchev–Trinajstić information content (AvgIpc) is 2.85. The van der Waals surface area contributed by atoms with Crippen molar-refractivity contribution in [2.24, 2.45) is 0 Å². The highest BCUT2D eigenvalue weighted by Crippen LogP contribution is 2.37.